The van der Waals surface area contributed by atoms with Gasteiger partial charge in [0.05, 0.1) is 6.61 Å². The predicted octanol–water partition coefficient (Wildman–Crippen LogP) is 3.04. The van der Waals surface area contributed by atoms with Crippen LogP contribution in [0.3, 0.4) is 0 Å². The Morgan fingerprint density at radius 3 is 1.93 bits per heavy atom. The molecule has 0 bridgehead atoms. The van der Waals surface area contributed by atoms with Crippen molar-refractivity contribution in [3.8, 4) is 0 Å². The Bertz CT molecular complexity index is 117. The first-order valence-electron chi connectivity index (χ1n) is 5.58. The van der Waals surface area contributed by atoms with Crippen molar-refractivity contribution in [2.45, 2.75) is 32.6 Å². The quantitative estimate of drug-likeness (QED) is 0.641. The Balaban J connectivity index is 2.05. The SMILES string of the molecule is CCOCC1CCC(COCCl)CC1. The minimum absolute atomic E-state index is 0.332. The summed E-state index contributed by atoms with van der Waals surface area (Å²) in [4.78, 5) is 0. The van der Waals surface area contributed by atoms with Gasteiger partial charge in [-0.05, 0) is 44.4 Å². The van der Waals surface area contributed by atoms with Crippen molar-refractivity contribution in [2.75, 3.05) is 25.9 Å². The minimum atomic E-state index is 0.332. The van der Waals surface area contributed by atoms with Gasteiger partial charge in [0.25, 0.3) is 0 Å². The van der Waals surface area contributed by atoms with Gasteiger partial charge in [-0.1, -0.05) is 11.6 Å². The average molecular weight is 221 g/mol. The van der Waals surface area contributed by atoms with E-state index >= 15 is 0 Å². The third-order valence-electron chi connectivity index (χ3n) is 2.95. The van der Waals surface area contributed by atoms with Crippen LogP contribution in [0.25, 0.3) is 0 Å². The van der Waals surface area contributed by atoms with E-state index in [0.29, 0.717) is 6.07 Å². The van der Waals surface area contributed by atoms with Crippen LogP contribution in [-0.2, 0) is 9.47 Å². The summed E-state index contributed by atoms with van der Waals surface area (Å²) >= 11 is 5.48. The second kappa shape index (κ2) is 7.49. The number of rotatable bonds is 6. The Morgan fingerprint density at radius 2 is 1.50 bits per heavy atom. The fourth-order valence-electron chi connectivity index (χ4n) is 2.06. The first-order chi connectivity index (χ1) is 6.86. The van der Waals surface area contributed by atoms with Gasteiger partial charge < -0.3 is 9.47 Å². The van der Waals surface area contributed by atoms with E-state index in [2.05, 4.69) is 6.92 Å². The van der Waals surface area contributed by atoms with Crippen LogP contribution in [0.4, 0.5) is 0 Å². The van der Waals surface area contributed by atoms with Gasteiger partial charge in [0.2, 0.25) is 0 Å². The van der Waals surface area contributed by atoms with Crippen LogP contribution in [0.2, 0.25) is 0 Å². The lowest BCUT2D eigenvalue weighted by Gasteiger charge is -2.27. The Kier molecular flexibility index (Phi) is 6.57. The van der Waals surface area contributed by atoms with Gasteiger partial charge in [-0.25, -0.2) is 0 Å². The molecule has 0 heterocycles. The van der Waals surface area contributed by atoms with Gasteiger partial charge in [-0.3, -0.25) is 0 Å². The molecule has 0 N–H and O–H groups in total. The van der Waals surface area contributed by atoms with E-state index in [9.17, 15) is 0 Å². The van der Waals surface area contributed by atoms with E-state index in [4.69, 9.17) is 21.1 Å². The molecule has 2 nitrogen and oxygen atoms in total. The Labute approximate surface area is 91.9 Å². The molecule has 84 valence electrons. The smallest absolute Gasteiger partial charge is 0.120 e. The van der Waals surface area contributed by atoms with E-state index in [-0.39, 0.29) is 0 Å². The first kappa shape index (κ1) is 12.3. The van der Waals surface area contributed by atoms with Crippen molar-refractivity contribution >= 4 is 11.6 Å². The monoisotopic (exact) mass is 220 g/mol. The van der Waals surface area contributed by atoms with Crippen LogP contribution >= 0.6 is 11.6 Å². The molecule has 14 heavy (non-hydrogen) atoms. The van der Waals surface area contributed by atoms with Crippen molar-refractivity contribution in [1.29, 1.82) is 0 Å². The third kappa shape index (κ3) is 4.63. The van der Waals surface area contributed by atoms with Crippen molar-refractivity contribution in [3.05, 3.63) is 0 Å². The maximum Gasteiger partial charge on any atom is 0.120 e. The number of halogens is 1. The van der Waals surface area contributed by atoms with Crippen molar-refractivity contribution in [1.82, 2.24) is 0 Å². The first-order valence-corrected chi connectivity index (χ1v) is 6.11. The van der Waals surface area contributed by atoms with Gasteiger partial charge in [0.1, 0.15) is 6.07 Å². The molecule has 1 aliphatic carbocycles. The molecule has 0 atom stereocenters. The fourth-order valence-corrected chi connectivity index (χ4v) is 2.15. The summed E-state index contributed by atoms with van der Waals surface area (Å²) in [6.07, 6.45) is 5.12. The molecule has 3 heteroatoms. The number of alkyl halides is 1. The summed E-state index contributed by atoms with van der Waals surface area (Å²) in [6, 6.07) is 0.332. The molecule has 0 aromatic rings. The molecule has 0 unspecified atom stereocenters. The van der Waals surface area contributed by atoms with Crippen LogP contribution in [0.15, 0.2) is 0 Å². The molecule has 0 aliphatic heterocycles. The Morgan fingerprint density at radius 1 is 1.00 bits per heavy atom. The van der Waals surface area contributed by atoms with Crippen LogP contribution in [0.5, 0.6) is 0 Å². The Hall–Kier alpha value is 0.210. The maximum atomic E-state index is 5.48. The molecular formula is C11H21ClO2. The van der Waals surface area contributed by atoms with Gasteiger partial charge in [0, 0.05) is 13.2 Å². The molecule has 0 aromatic heterocycles. The molecule has 1 saturated carbocycles. The van der Waals surface area contributed by atoms with E-state index in [1.807, 2.05) is 0 Å². The van der Waals surface area contributed by atoms with Crippen molar-refractivity contribution in [3.63, 3.8) is 0 Å². The van der Waals surface area contributed by atoms with E-state index in [0.717, 1.165) is 31.7 Å². The molecular weight excluding hydrogens is 200 g/mol. The number of ether oxygens (including phenoxy) is 2. The molecule has 1 fully saturated rings. The molecule has 0 spiro atoms. The van der Waals surface area contributed by atoms with E-state index in [1.165, 1.54) is 25.7 Å². The molecule has 0 aromatic carbocycles. The zero-order chi connectivity index (χ0) is 10.2. The summed E-state index contributed by atoms with van der Waals surface area (Å²) in [5, 5.41) is 0. The zero-order valence-corrected chi connectivity index (χ0v) is 9.76. The average Bonchev–Trinajstić information content (AvgIpc) is 2.25. The maximum absolute atomic E-state index is 5.48. The van der Waals surface area contributed by atoms with Gasteiger partial charge >= 0.3 is 0 Å². The number of hydrogen-bond acceptors (Lipinski definition) is 2. The lowest BCUT2D eigenvalue weighted by atomic mass is 9.83. The second-order valence-corrected chi connectivity index (χ2v) is 4.24. The highest BCUT2D eigenvalue weighted by molar-refractivity contribution is 6.17. The summed E-state index contributed by atoms with van der Waals surface area (Å²) < 4.78 is 10.7. The van der Waals surface area contributed by atoms with Crippen LogP contribution in [0.1, 0.15) is 32.6 Å². The predicted molar refractivity (Wildman–Crippen MR) is 58.6 cm³/mol. The highest BCUT2D eigenvalue weighted by atomic mass is 35.5. The van der Waals surface area contributed by atoms with E-state index in [1.54, 1.807) is 0 Å². The van der Waals surface area contributed by atoms with Crippen molar-refractivity contribution < 1.29 is 9.47 Å². The highest BCUT2D eigenvalue weighted by Crippen LogP contribution is 2.29. The van der Waals surface area contributed by atoms with Crippen molar-refractivity contribution in [2.24, 2.45) is 11.8 Å². The summed E-state index contributed by atoms with van der Waals surface area (Å²) in [5.41, 5.74) is 0. The third-order valence-corrected chi connectivity index (χ3v) is 3.11. The standard InChI is InChI=1S/C11H21ClO2/c1-2-13-7-10-3-5-11(6-4-10)8-14-9-12/h10-11H,2-9H2,1H3. The van der Waals surface area contributed by atoms with Gasteiger partial charge in [-0.2, -0.15) is 0 Å². The summed E-state index contributed by atoms with van der Waals surface area (Å²) in [6.45, 7) is 4.68. The molecule has 0 amide bonds. The highest BCUT2D eigenvalue weighted by Gasteiger charge is 2.20. The number of hydrogen-bond donors (Lipinski definition) is 0. The fraction of sp³-hybridized carbons (Fsp3) is 1.00. The summed E-state index contributed by atoms with van der Waals surface area (Å²) in [5.74, 6) is 1.51. The topological polar surface area (TPSA) is 18.5 Å². The van der Waals surface area contributed by atoms with Crippen LogP contribution in [-0.4, -0.2) is 25.9 Å². The van der Waals surface area contributed by atoms with Gasteiger partial charge in [-0.15, -0.1) is 0 Å². The second-order valence-electron chi connectivity index (χ2n) is 4.03. The van der Waals surface area contributed by atoms with Crippen LogP contribution < -0.4 is 0 Å². The van der Waals surface area contributed by atoms with Gasteiger partial charge in [0.15, 0.2) is 0 Å². The van der Waals surface area contributed by atoms with Crippen LogP contribution in [0, 0.1) is 11.8 Å². The molecule has 1 rings (SSSR count). The molecule has 0 radical (unpaired) electrons. The zero-order valence-electron chi connectivity index (χ0n) is 9.01. The van der Waals surface area contributed by atoms with E-state index < -0.39 is 0 Å². The largest absolute Gasteiger partial charge is 0.381 e. The minimum Gasteiger partial charge on any atom is -0.381 e. The molecule has 1 aliphatic rings. The normalized spacial score (nSPS) is 27.9. The summed E-state index contributed by atoms with van der Waals surface area (Å²) in [7, 11) is 0. The lowest BCUT2D eigenvalue weighted by molar-refractivity contribution is 0.0649. The molecule has 0 saturated heterocycles. The lowest BCUT2D eigenvalue weighted by Crippen LogP contribution is -2.21.